The fraction of sp³-hybridized carbons (Fsp3) is 0.417. The Bertz CT molecular complexity index is 400. The molecule has 3 N–H and O–H groups in total. The Balaban J connectivity index is 0.00000289. The second-order valence-corrected chi connectivity index (χ2v) is 4.26. The van der Waals surface area contributed by atoms with Crippen LogP contribution < -0.4 is 15.8 Å². The predicted octanol–water partition coefficient (Wildman–Crippen LogP) is 1.91. The van der Waals surface area contributed by atoms with Gasteiger partial charge in [-0.25, -0.2) is 0 Å². The Labute approximate surface area is 118 Å². The van der Waals surface area contributed by atoms with Crippen LogP contribution in [0.1, 0.15) is 12.5 Å². The minimum Gasteiger partial charge on any atom is -0.483 e. The predicted molar refractivity (Wildman–Crippen MR) is 75.6 cm³/mol. The molecular weight excluding hydrogens is 275 g/mol. The molecule has 0 aromatic heterocycles. The molecule has 0 bridgehead atoms. The van der Waals surface area contributed by atoms with Crippen molar-refractivity contribution in [3.63, 3.8) is 0 Å². The van der Waals surface area contributed by atoms with Crippen LogP contribution in [0.25, 0.3) is 0 Å². The van der Waals surface area contributed by atoms with Gasteiger partial charge in [-0.2, -0.15) is 0 Å². The van der Waals surface area contributed by atoms with Gasteiger partial charge in [0.1, 0.15) is 5.75 Å². The highest BCUT2D eigenvalue weighted by molar-refractivity contribution is 6.31. The molecule has 0 unspecified atom stereocenters. The third kappa shape index (κ3) is 5.12. The molecule has 1 amide bonds. The standard InChI is InChI=1S/C12H17ClN2O2.ClH/c1-8(6-14)15-12(16)7-17-11-5-3-4-10(13)9(11)2;/h3-5,8H,6-7,14H2,1-2H3,(H,15,16);1H/t8-;/m0./s1. The Morgan fingerprint density at radius 2 is 2.22 bits per heavy atom. The van der Waals surface area contributed by atoms with Gasteiger partial charge in [0.15, 0.2) is 6.61 Å². The van der Waals surface area contributed by atoms with Gasteiger partial charge in [-0.1, -0.05) is 17.7 Å². The summed E-state index contributed by atoms with van der Waals surface area (Å²) >= 11 is 5.94. The molecule has 0 aliphatic heterocycles. The van der Waals surface area contributed by atoms with E-state index in [1.807, 2.05) is 13.8 Å². The smallest absolute Gasteiger partial charge is 0.258 e. The second kappa shape index (κ2) is 8.19. The molecule has 1 aromatic rings. The van der Waals surface area contributed by atoms with Crippen molar-refractivity contribution in [1.82, 2.24) is 5.32 Å². The summed E-state index contributed by atoms with van der Waals surface area (Å²) < 4.78 is 5.39. The highest BCUT2D eigenvalue weighted by Gasteiger charge is 2.08. The zero-order valence-electron chi connectivity index (χ0n) is 10.4. The van der Waals surface area contributed by atoms with Crippen LogP contribution in [0.5, 0.6) is 5.75 Å². The average Bonchev–Trinajstić information content (AvgIpc) is 2.31. The Kier molecular flexibility index (Phi) is 7.75. The van der Waals surface area contributed by atoms with Gasteiger partial charge in [0.05, 0.1) is 0 Å². The van der Waals surface area contributed by atoms with Crippen LogP contribution in [0.2, 0.25) is 5.02 Å². The van der Waals surface area contributed by atoms with Crippen LogP contribution in [-0.2, 0) is 4.79 Å². The largest absolute Gasteiger partial charge is 0.483 e. The first-order chi connectivity index (χ1) is 8.04. The maximum atomic E-state index is 11.5. The fourth-order valence-electron chi connectivity index (χ4n) is 1.26. The van der Waals surface area contributed by atoms with E-state index in [1.165, 1.54) is 0 Å². The van der Waals surface area contributed by atoms with Gasteiger partial charge in [0, 0.05) is 23.2 Å². The first-order valence-corrected chi connectivity index (χ1v) is 5.79. The average molecular weight is 293 g/mol. The number of nitrogens with one attached hydrogen (secondary N) is 1. The van der Waals surface area contributed by atoms with Gasteiger partial charge in [0.25, 0.3) is 5.91 Å². The normalized spacial score (nSPS) is 11.3. The number of nitrogens with two attached hydrogens (primary N) is 1. The molecule has 1 aromatic carbocycles. The zero-order valence-corrected chi connectivity index (χ0v) is 12.0. The van der Waals surface area contributed by atoms with E-state index >= 15 is 0 Å². The number of ether oxygens (including phenoxy) is 1. The maximum Gasteiger partial charge on any atom is 0.258 e. The fourth-order valence-corrected chi connectivity index (χ4v) is 1.43. The summed E-state index contributed by atoms with van der Waals surface area (Å²) in [5.41, 5.74) is 6.23. The van der Waals surface area contributed by atoms with E-state index in [-0.39, 0.29) is 31.0 Å². The maximum absolute atomic E-state index is 11.5. The number of halogens is 2. The Morgan fingerprint density at radius 3 is 2.83 bits per heavy atom. The molecule has 0 saturated heterocycles. The van der Waals surface area contributed by atoms with Gasteiger partial charge < -0.3 is 15.8 Å². The summed E-state index contributed by atoms with van der Waals surface area (Å²) in [7, 11) is 0. The number of benzene rings is 1. The molecule has 0 saturated carbocycles. The lowest BCUT2D eigenvalue weighted by Crippen LogP contribution is -2.40. The molecule has 18 heavy (non-hydrogen) atoms. The third-order valence-corrected chi connectivity index (χ3v) is 2.75. The lowest BCUT2D eigenvalue weighted by Gasteiger charge is -2.13. The first kappa shape index (κ1) is 17.0. The van der Waals surface area contributed by atoms with Crippen LogP contribution in [0.4, 0.5) is 0 Å². The van der Waals surface area contributed by atoms with Crippen molar-refractivity contribution in [2.45, 2.75) is 19.9 Å². The van der Waals surface area contributed by atoms with E-state index in [2.05, 4.69) is 5.32 Å². The molecule has 0 heterocycles. The lowest BCUT2D eigenvalue weighted by molar-refractivity contribution is -0.123. The van der Waals surface area contributed by atoms with Gasteiger partial charge in [-0.15, -0.1) is 12.4 Å². The van der Waals surface area contributed by atoms with E-state index < -0.39 is 0 Å². The molecule has 1 atom stereocenters. The number of hydrogen-bond acceptors (Lipinski definition) is 3. The van der Waals surface area contributed by atoms with Gasteiger partial charge in [-0.3, -0.25) is 4.79 Å². The van der Waals surface area contributed by atoms with Crippen molar-refractivity contribution in [2.75, 3.05) is 13.2 Å². The summed E-state index contributed by atoms with van der Waals surface area (Å²) in [5.74, 6) is 0.426. The van der Waals surface area contributed by atoms with Crippen molar-refractivity contribution in [3.8, 4) is 5.75 Å². The molecule has 6 heteroatoms. The molecule has 0 aliphatic rings. The third-order valence-electron chi connectivity index (χ3n) is 2.34. The van der Waals surface area contributed by atoms with Gasteiger partial charge >= 0.3 is 0 Å². The van der Waals surface area contributed by atoms with E-state index in [4.69, 9.17) is 22.1 Å². The van der Waals surface area contributed by atoms with Crippen LogP contribution in [0, 0.1) is 6.92 Å². The van der Waals surface area contributed by atoms with E-state index in [0.29, 0.717) is 17.3 Å². The molecule has 0 radical (unpaired) electrons. The molecule has 1 rings (SSSR count). The lowest BCUT2D eigenvalue weighted by atomic mass is 10.2. The molecule has 0 spiro atoms. The van der Waals surface area contributed by atoms with Crippen molar-refractivity contribution >= 4 is 29.9 Å². The first-order valence-electron chi connectivity index (χ1n) is 5.42. The van der Waals surface area contributed by atoms with Crippen molar-refractivity contribution in [2.24, 2.45) is 5.73 Å². The molecule has 4 nitrogen and oxygen atoms in total. The van der Waals surface area contributed by atoms with Crippen LogP contribution >= 0.6 is 24.0 Å². The summed E-state index contributed by atoms with van der Waals surface area (Å²) in [6.07, 6.45) is 0. The van der Waals surface area contributed by atoms with E-state index in [0.717, 1.165) is 5.56 Å². The molecule has 0 fully saturated rings. The minimum atomic E-state index is -0.192. The summed E-state index contributed by atoms with van der Waals surface area (Å²) in [6, 6.07) is 5.29. The Morgan fingerprint density at radius 1 is 1.56 bits per heavy atom. The van der Waals surface area contributed by atoms with Crippen molar-refractivity contribution < 1.29 is 9.53 Å². The quantitative estimate of drug-likeness (QED) is 0.871. The van der Waals surface area contributed by atoms with Gasteiger partial charge in [0.2, 0.25) is 0 Å². The number of hydrogen-bond donors (Lipinski definition) is 2. The topological polar surface area (TPSA) is 64.3 Å². The highest BCUT2D eigenvalue weighted by Crippen LogP contribution is 2.24. The van der Waals surface area contributed by atoms with Crippen LogP contribution in [0.15, 0.2) is 18.2 Å². The summed E-state index contributed by atoms with van der Waals surface area (Å²) in [6.45, 7) is 4.05. The summed E-state index contributed by atoms with van der Waals surface area (Å²) in [5, 5.41) is 3.34. The number of rotatable bonds is 5. The number of carbonyl (C=O) groups excluding carboxylic acids is 1. The highest BCUT2D eigenvalue weighted by atomic mass is 35.5. The molecule has 102 valence electrons. The Hall–Kier alpha value is -0.970. The SMILES string of the molecule is Cc1c(Cl)cccc1OCC(=O)N[C@@H](C)CN.Cl. The molecule has 0 aliphatic carbocycles. The number of carbonyl (C=O) groups is 1. The monoisotopic (exact) mass is 292 g/mol. The van der Waals surface area contributed by atoms with Crippen molar-refractivity contribution in [1.29, 1.82) is 0 Å². The number of amides is 1. The van der Waals surface area contributed by atoms with Crippen LogP contribution in [0.3, 0.4) is 0 Å². The molecular formula is C12H18Cl2N2O2. The van der Waals surface area contributed by atoms with Gasteiger partial charge in [-0.05, 0) is 26.0 Å². The van der Waals surface area contributed by atoms with E-state index in [1.54, 1.807) is 18.2 Å². The van der Waals surface area contributed by atoms with Crippen molar-refractivity contribution in [3.05, 3.63) is 28.8 Å². The summed E-state index contributed by atoms with van der Waals surface area (Å²) in [4.78, 5) is 11.5. The van der Waals surface area contributed by atoms with E-state index in [9.17, 15) is 4.79 Å². The zero-order chi connectivity index (χ0) is 12.8. The second-order valence-electron chi connectivity index (χ2n) is 3.86. The minimum absolute atomic E-state index is 0. The van der Waals surface area contributed by atoms with Crippen LogP contribution in [-0.4, -0.2) is 25.1 Å².